The minimum atomic E-state index is 0.287. The van der Waals surface area contributed by atoms with Gasteiger partial charge in [-0.05, 0) is 38.1 Å². The van der Waals surface area contributed by atoms with Crippen LogP contribution in [0.15, 0.2) is 60.9 Å². The van der Waals surface area contributed by atoms with Gasteiger partial charge in [0.25, 0.3) is 0 Å². The lowest BCUT2D eigenvalue weighted by atomic mass is 10.1. The van der Waals surface area contributed by atoms with E-state index in [-0.39, 0.29) is 6.17 Å². The van der Waals surface area contributed by atoms with Gasteiger partial charge in [-0.15, -0.1) is 9.36 Å². The average Bonchev–Trinajstić information content (AvgIpc) is 3.11. The minimum Gasteiger partial charge on any atom is -0.353 e. The summed E-state index contributed by atoms with van der Waals surface area (Å²) in [6.07, 6.45) is 4.45. The molecule has 1 aliphatic rings. The Morgan fingerprint density at radius 2 is 1.54 bits per heavy atom. The molecule has 2 heterocycles. The summed E-state index contributed by atoms with van der Waals surface area (Å²) in [6, 6.07) is 17.2. The van der Waals surface area contributed by atoms with E-state index in [4.69, 9.17) is 0 Å². The fraction of sp³-hybridized carbons (Fsp3) is 0.250. The summed E-state index contributed by atoms with van der Waals surface area (Å²) in [7, 11) is 4.22. The second-order valence-corrected chi connectivity index (χ2v) is 6.43. The Morgan fingerprint density at radius 1 is 0.875 bits per heavy atom. The minimum absolute atomic E-state index is 0.287. The molecule has 0 amide bonds. The first-order chi connectivity index (χ1) is 11.6. The highest BCUT2D eigenvalue weighted by Crippen LogP contribution is 2.44. The third-order valence-corrected chi connectivity index (χ3v) is 5.11. The number of benzene rings is 2. The Balaban J connectivity index is 1.88. The molecule has 0 N–H and O–H groups in total. The predicted octanol–water partition coefficient (Wildman–Crippen LogP) is 3.54. The van der Waals surface area contributed by atoms with Crippen molar-refractivity contribution in [2.24, 2.45) is 7.05 Å². The lowest BCUT2D eigenvalue weighted by Crippen LogP contribution is -2.38. The zero-order valence-corrected chi connectivity index (χ0v) is 14.6. The summed E-state index contributed by atoms with van der Waals surface area (Å²) in [5, 5.41) is 0. The van der Waals surface area contributed by atoms with Gasteiger partial charge in [0.1, 0.15) is 11.9 Å². The van der Waals surface area contributed by atoms with Crippen molar-refractivity contribution in [2.45, 2.75) is 20.0 Å². The molecule has 0 unspecified atom stereocenters. The van der Waals surface area contributed by atoms with Crippen LogP contribution in [0.25, 0.3) is 5.69 Å². The van der Waals surface area contributed by atoms with Crippen LogP contribution in [0, 0.1) is 6.92 Å². The highest BCUT2D eigenvalue weighted by Gasteiger charge is 2.32. The summed E-state index contributed by atoms with van der Waals surface area (Å²) < 4.78 is 4.27. The highest BCUT2D eigenvalue weighted by molar-refractivity contribution is 5.84. The quantitative estimate of drug-likeness (QED) is 0.671. The molecule has 0 saturated heterocycles. The molecule has 122 valence electrons. The predicted molar refractivity (Wildman–Crippen MR) is 98.1 cm³/mol. The van der Waals surface area contributed by atoms with E-state index in [1.54, 1.807) is 0 Å². The second-order valence-electron chi connectivity index (χ2n) is 6.43. The number of hydrogen-bond acceptors (Lipinski definition) is 2. The summed E-state index contributed by atoms with van der Waals surface area (Å²) in [5.41, 5.74) is 6.29. The van der Waals surface area contributed by atoms with Crippen LogP contribution in [0.1, 0.15) is 12.5 Å². The summed E-state index contributed by atoms with van der Waals surface area (Å²) >= 11 is 0. The van der Waals surface area contributed by atoms with E-state index in [1.165, 1.54) is 28.3 Å². The molecule has 1 atom stereocenters. The number of rotatable bonds is 2. The van der Waals surface area contributed by atoms with Gasteiger partial charge in [0, 0.05) is 24.4 Å². The molecule has 1 aliphatic heterocycles. The topological polar surface area (TPSA) is 15.3 Å². The number of nitrogens with zero attached hydrogens (tertiary/aromatic N) is 4. The van der Waals surface area contributed by atoms with Crippen LogP contribution in [-0.4, -0.2) is 17.9 Å². The van der Waals surface area contributed by atoms with Crippen molar-refractivity contribution < 1.29 is 4.68 Å². The summed E-state index contributed by atoms with van der Waals surface area (Å²) in [6.45, 7) is 4.46. The fourth-order valence-corrected chi connectivity index (χ4v) is 3.67. The van der Waals surface area contributed by atoms with Gasteiger partial charge in [0.15, 0.2) is 13.2 Å². The number of hydrogen-bond donors (Lipinski definition) is 0. The summed E-state index contributed by atoms with van der Waals surface area (Å²) in [5.74, 6) is 0. The molecular weight excluding hydrogens is 296 g/mol. The van der Waals surface area contributed by atoms with Crippen molar-refractivity contribution in [1.29, 1.82) is 0 Å². The third kappa shape index (κ3) is 2.03. The van der Waals surface area contributed by atoms with E-state index in [9.17, 15) is 0 Å². The fourth-order valence-electron chi connectivity index (χ4n) is 3.67. The molecule has 2 aromatic carbocycles. The maximum Gasteiger partial charge on any atom is 0.195 e. The van der Waals surface area contributed by atoms with Crippen molar-refractivity contribution in [3.05, 3.63) is 66.5 Å². The van der Waals surface area contributed by atoms with Crippen molar-refractivity contribution in [3.8, 4) is 5.69 Å². The molecule has 3 aromatic rings. The molecule has 4 rings (SSSR count). The molecule has 4 nitrogen and oxygen atoms in total. The zero-order chi connectivity index (χ0) is 16.8. The molecule has 4 heteroatoms. The Morgan fingerprint density at radius 3 is 2.25 bits per heavy atom. The number of para-hydroxylation sites is 2. The van der Waals surface area contributed by atoms with Crippen molar-refractivity contribution in [2.75, 3.05) is 16.8 Å². The molecule has 24 heavy (non-hydrogen) atoms. The van der Waals surface area contributed by atoms with Crippen LogP contribution in [0.5, 0.6) is 0 Å². The van der Waals surface area contributed by atoms with Crippen LogP contribution < -0.4 is 14.5 Å². The van der Waals surface area contributed by atoms with Gasteiger partial charge in [0.2, 0.25) is 0 Å². The highest BCUT2D eigenvalue weighted by atomic mass is 15.4. The average molecular weight is 319 g/mol. The number of aryl methyl sites for hydroxylation is 1. The maximum atomic E-state index is 2.43. The van der Waals surface area contributed by atoms with Gasteiger partial charge in [-0.3, -0.25) is 0 Å². The largest absolute Gasteiger partial charge is 0.353 e. The Hall–Kier alpha value is -2.75. The Labute approximate surface area is 143 Å². The van der Waals surface area contributed by atoms with Crippen LogP contribution in [-0.2, 0) is 7.05 Å². The van der Waals surface area contributed by atoms with Gasteiger partial charge >= 0.3 is 0 Å². The summed E-state index contributed by atoms with van der Waals surface area (Å²) in [4.78, 5) is 4.76. The second kappa shape index (κ2) is 5.41. The molecule has 0 saturated carbocycles. The number of fused-ring (bicyclic) bond motifs is 1. The van der Waals surface area contributed by atoms with Crippen molar-refractivity contribution >= 4 is 17.1 Å². The first kappa shape index (κ1) is 14.8. The first-order valence-electron chi connectivity index (χ1n) is 8.34. The van der Waals surface area contributed by atoms with E-state index in [2.05, 4.69) is 108 Å². The maximum absolute atomic E-state index is 2.43. The van der Waals surface area contributed by atoms with Gasteiger partial charge in [-0.25, -0.2) is 0 Å². The van der Waals surface area contributed by atoms with Crippen LogP contribution >= 0.6 is 0 Å². The van der Waals surface area contributed by atoms with Gasteiger partial charge in [-0.1, -0.05) is 18.2 Å². The van der Waals surface area contributed by atoms with Crippen LogP contribution in [0.3, 0.4) is 0 Å². The SMILES string of the molecule is Cc1c(N2c3ccccc3N(C)[C@@H]2C)cccc1-n1ccc[n+]1C. The van der Waals surface area contributed by atoms with Gasteiger partial charge < -0.3 is 9.80 Å². The van der Waals surface area contributed by atoms with E-state index < -0.39 is 0 Å². The molecule has 1 aromatic heterocycles. The number of aromatic nitrogens is 2. The normalized spacial score (nSPS) is 16.6. The Bertz CT molecular complexity index is 896. The van der Waals surface area contributed by atoms with Crippen LogP contribution in [0.4, 0.5) is 17.1 Å². The zero-order valence-electron chi connectivity index (χ0n) is 14.6. The lowest BCUT2D eigenvalue weighted by Gasteiger charge is -2.29. The van der Waals surface area contributed by atoms with Crippen molar-refractivity contribution in [1.82, 2.24) is 4.68 Å². The van der Waals surface area contributed by atoms with Crippen molar-refractivity contribution in [3.63, 3.8) is 0 Å². The standard InChI is InChI=1S/C20H23N4/c1-15-17(23-14-8-13-21(23)3)11-7-12-18(15)24-16(2)22(4)19-9-5-6-10-20(19)24/h5-14,16H,1-4H3/q+1/t16-/m0/s1. The molecule has 0 aliphatic carbocycles. The van der Waals surface area contributed by atoms with Gasteiger partial charge in [0.05, 0.1) is 17.6 Å². The lowest BCUT2D eigenvalue weighted by molar-refractivity contribution is -0.744. The molecule has 0 spiro atoms. The smallest absolute Gasteiger partial charge is 0.195 e. The molecular formula is C20H23N4+. The molecule has 0 bridgehead atoms. The first-order valence-corrected chi connectivity index (χ1v) is 8.34. The van der Waals surface area contributed by atoms with Crippen LogP contribution in [0.2, 0.25) is 0 Å². The molecule has 0 radical (unpaired) electrons. The van der Waals surface area contributed by atoms with E-state index in [1.807, 2.05) is 0 Å². The number of anilines is 3. The van der Waals surface area contributed by atoms with E-state index >= 15 is 0 Å². The van der Waals surface area contributed by atoms with Gasteiger partial charge in [-0.2, -0.15) is 0 Å². The van der Waals surface area contributed by atoms with E-state index in [0.717, 1.165) is 0 Å². The molecule has 0 fully saturated rings. The Kier molecular flexibility index (Phi) is 3.34. The third-order valence-electron chi connectivity index (χ3n) is 5.11. The monoisotopic (exact) mass is 319 g/mol. The van der Waals surface area contributed by atoms with E-state index in [0.29, 0.717) is 0 Å².